The van der Waals surface area contributed by atoms with Gasteiger partial charge < -0.3 is 15.2 Å². The van der Waals surface area contributed by atoms with Gasteiger partial charge in [0.1, 0.15) is 12.4 Å². The molecule has 0 fully saturated rings. The van der Waals surface area contributed by atoms with Crippen LogP contribution in [0.3, 0.4) is 0 Å². The van der Waals surface area contributed by atoms with Gasteiger partial charge in [-0.1, -0.05) is 29.8 Å². The molecule has 4 aromatic rings. The van der Waals surface area contributed by atoms with Gasteiger partial charge in [-0.3, -0.25) is 9.82 Å². The van der Waals surface area contributed by atoms with E-state index in [9.17, 15) is 13.5 Å². The second-order valence-corrected chi connectivity index (χ2v) is 9.90. The van der Waals surface area contributed by atoms with Crippen LogP contribution in [0.15, 0.2) is 71.6 Å². The lowest BCUT2D eigenvalue weighted by molar-refractivity contribution is 0.172. The summed E-state index contributed by atoms with van der Waals surface area (Å²) in [6.45, 7) is 3.19. The molecule has 10 heteroatoms. The van der Waals surface area contributed by atoms with Gasteiger partial charge in [0.15, 0.2) is 0 Å². The van der Waals surface area contributed by atoms with E-state index in [4.69, 9.17) is 16.3 Å². The van der Waals surface area contributed by atoms with Crippen molar-refractivity contribution >= 4 is 38.2 Å². The zero-order chi connectivity index (χ0) is 24.1. The standard InChI is InChI=1S/C24H25ClN4O4S/c1-16-22-9-8-20(14-23(22)28-27-16)33-11-10-26-15-24(30)17-4-2-6-19(12-17)29-34(31,32)21-7-3-5-18(25)13-21/h2-9,12-14,24,26,29-30H,10-11,15H2,1H3,(H,27,28)/t24-/m0/s1. The van der Waals surface area contributed by atoms with Crippen LogP contribution in [0.5, 0.6) is 5.75 Å². The fraction of sp³-hybridized carbons (Fsp3) is 0.208. The van der Waals surface area contributed by atoms with Gasteiger partial charge in [0.2, 0.25) is 0 Å². The summed E-state index contributed by atoms with van der Waals surface area (Å²) in [6.07, 6.45) is -0.820. The van der Waals surface area contributed by atoms with E-state index in [1.54, 1.807) is 36.4 Å². The molecule has 0 amide bonds. The number of hydrogen-bond acceptors (Lipinski definition) is 6. The predicted molar refractivity (Wildman–Crippen MR) is 133 cm³/mol. The number of H-pyrrole nitrogens is 1. The Bertz CT molecular complexity index is 1390. The molecular formula is C24H25ClN4O4S. The van der Waals surface area contributed by atoms with Crippen LogP contribution < -0.4 is 14.8 Å². The number of nitrogens with zero attached hydrogens (tertiary/aromatic N) is 1. The molecule has 4 rings (SSSR count). The first-order valence-corrected chi connectivity index (χ1v) is 12.5. The molecule has 0 bridgehead atoms. The molecule has 3 aromatic carbocycles. The van der Waals surface area contributed by atoms with E-state index in [0.29, 0.717) is 29.4 Å². The number of rotatable bonds is 10. The Morgan fingerprint density at radius 1 is 1.12 bits per heavy atom. The van der Waals surface area contributed by atoms with E-state index in [2.05, 4.69) is 20.2 Å². The van der Waals surface area contributed by atoms with Crippen molar-refractivity contribution < 1.29 is 18.3 Å². The summed E-state index contributed by atoms with van der Waals surface area (Å²) in [5.41, 5.74) is 2.80. The van der Waals surface area contributed by atoms with Crippen molar-refractivity contribution in [3.8, 4) is 5.75 Å². The van der Waals surface area contributed by atoms with Gasteiger partial charge in [-0.2, -0.15) is 5.10 Å². The van der Waals surface area contributed by atoms with Gasteiger partial charge in [-0.15, -0.1) is 0 Å². The van der Waals surface area contributed by atoms with Gasteiger partial charge in [0.05, 0.1) is 16.5 Å². The van der Waals surface area contributed by atoms with Crippen molar-refractivity contribution in [2.24, 2.45) is 0 Å². The van der Waals surface area contributed by atoms with E-state index < -0.39 is 16.1 Å². The fourth-order valence-corrected chi connectivity index (χ4v) is 4.82. The van der Waals surface area contributed by atoms with Crippen molar-refractivity contribution in [3.05, 3.63) is 83.0 Å². The van der Waals surface area contributed by atoms with E-state index in [1.807, 2.05) is 25.1 Å². The monoisotopic (exact) mass is 500 g/mol. The first-order valence-electron chi connectivity index (χ1n) is 10.7. The first kappa shape index (κ1) is 24.0. The van der Waals surface area contributed by atoms with Gasteiger partial charge in [0, 0.05) is 40.9 Å². The number of aryl methyl sites for hydroxylation is 1. The van der Waals surface area contributed by atoms with Crippen molar-refractivity contribution in [1.82, 2.24) is 15.5 Å². The molecular weight excluding hydrogens is 476 g/mol. The summed E-state index contributed by atoms with van der Waals surface area (Å²) in [6, 6.07) is 18.4. The number of hydrogen-bond donors (Lipinski definition) is 4. The third-order valence-corrected chi connectivity index (χ3v) is 6.85. The maximum absolute atomic E-state index is 12.6. The van der Waals surface area contributed by atoms with Gasteiger partial charge in [-0.25, -0.2) is 8.42 Å². The third kappa shape index (κ3) is 5.87. The molecule has 34 heavy (non-hydrogen) atoms. The van der Waals surface area contributed by atoms with Crippen LogP contribution in [0.25, 0.3) is 10.9 Å². The Labute approximate surface area is 203 Å². The number of aromatic amines is 1. The molecule has 0 saturated carbocycles. The van der Waals surface area contributed by atoms with E-state index in [0.717, 1.165) is 22.3 Å². The summed E-state index contributed by atoms with van der Waals surface area (Å²) in [4.78, 5) is 0.0641. The van der Waals surface area contributed by atoms with Crippen molar-refractivity contribution in [2.45, 2.75) is 17.9 Å². The number of aliphatic hydroxyl groups excluding tert-OH is 1. The maximum Gasteiger partial charge on any atom is 0.261 e. The zero-order valence-corrected chi connectivity index (χ0v) is 20.0. The summed E-state index contributed by atoms with van der Waals surface area (Å²) >= 11 is 5.91. The Balaban J connectivity index is 1.27. The number of nitrogens with one attached hydrogen (secondary N) is 3. The lowest BCUT2D eigenvalue weighted by Crippen LogP contribution is -2.26. The first-order chi connectivity index (χ1) is 16.3. The minimum atomic E-state index is -3.80. The molecule has 0 saturated heterocycles. The van der Waals surface area contributed by atoms with Crippen LogP contribution in [-0.4, -0.2) is 43.4 Å². The van der Waals surface area contributed by atoms with Crippen LogP contribution in [0.1, 0.15) is 17.4 Å². The van der Waals surface area contributed by atoms with Crippen LogP contribution in [0.4, 0.5) is 5.69 Å². The Hall–Kier alpha value is -3.11. The van der Waals surface area contributed by atoms with Crippen LogP contribution in [0, 0.1) is 6.92 Å². The molecule has 0 aliphatic carbocycles. The second-order valence-electron chi connectivity index (χ2n) is 7.78. The van der Waals surface area contributed by atoms with E-state index >= 15 is 0 Å². The number of sulfonamides is 1. The summed E-state index contributed by atoms with van der Waals surface area (Å²) in [5.74, 6) is 0.723. The highest BCUT2D eigenvalue weighted by Crippen LogP contribution is 2.23. The lowest BCUT2D eigenvalue weighted by Gasteiger charge is -2.15. The van der Waals surface area contributed by atoms with Gasteiger partial charge in [-0.05, 0) is 55.0 Å². The fourth-order valence-electron chi connectivity index (χ4n) is 3.47. The molecule has 0 radical (unpaired) electrons. The minimum absolute atomic E-state index is 0.0641. The molecule has 8 nitrogen and oxygen atoms in total. The second kappa shape index (κ2) is 10.4. The maximum atomic E-state index is 12.6. The number of aromatic nitrogens is 2. The summed E-state index contributed by atoms with van der Waals surface area (Å²) in [7, 11) is -3.80. The number of benzene rings is 3. The van der Waals surface area contributed by atoms with Crippen molar-refractivity contribution in [1.29, 1.82) is 0 Å². The summed E-state index contributed by atoms with van der Waals surface area (Å²) in [5, 5.41) is 22.2. The number of anilines is 1. The quantitative estimate of drug-likeness (QED) is 0.244. The Morgan fingerprint density at radius 3 is 2.76 bits per heavy atom. The number of fused-ring (bicyclic) bond motifs is 1. The highest BCUT2D eigenvalue weighted by atomic mass is 35.5. The molecule has 4 N–H and O–H groups in total. The largest absolute Gasteiger partial charge is 0.492 e. The topological polar surface area (TPSA) is 116 Å². The number of halogens is 1. The molecule has 0 aliphatic heterocycles. The molecule has 1 aromatic heterocycles. The number of aliphatic hydroxyl groups is 1. The molecule has 0 spiro atoms. The average molecular weight is 501 g/mol. The zero-order valence-electron chi connectivity index (χ0n) is 18.5. The van der Waals surface area contributed by atoms with Crippen LogP contribution in [-0.2, 0) is 10.0 Å². The van der Waals surface area contributed by atoms with Gasteiger partial charge in [0.25, 0.3) is 10.0 Å². The average Bonchev–Trinajstić information content (AvgIpc) is 3.18. The summed E-state index contributed by atoms with van der Waals surface area (Å²) < 4.78 is 33.5. The predicted octanol–water partition coefficient (Wildman–Crippen LogP) is 4.03. The molecule has 0 aliphatic rings. The van der Waals surface area contributed by atoms with Crippen LogP contribution >= 0.6 is 11.6 Å². The number of ether oxygens (including phenoxy) is 1. The Kier molecular flexibility index (Phi) is 7.38. The Morgan fingerprint density at radius 2 is 1.94 bits per heavy atom. The highest BCUT2D eigenvalue weighted by Gasteiger charge is 2.16. The smallest absolute Gasteiger partial charge is 0.261 e. The minimum Gasteiger partial charge on any atom is -0.492 e. The highest BCUT2D eigenvalue weighted by molar-refractivity contribution is 7.92. The third-order valence-electron chi connectivity index (χ3n) is 5.23. The van der Waals surface area contributed by atoms with Crippen LogP contribution in [0.2, 0.25) is 5.02 Å². The molecule has 0 unspecified atom stereocenters. The lowest BCUT2D eigenvalue weighted by atomic mass is 10.1. The molecule has 1 atom stereocenters. The molecule has 178 valence electrons. The van der Waals surface area contributed by atoms with Gasteiger partial charge >= 0.3 is 0 Å². The molecule has 1 heterocycles. The normalized spacial score (nSPS) is 12.6. The van der Waals surface area contributed by atoms with E-state index in [1.165, 1.54) is 12.1 Å². The van der Waals surface area contributed by atoms with E-state index in [-0.39, 0.29) is 11.4 Å². The SMILES string of the molecule is Cc1[nH]nc2cc(OCCNC[C@H](O)c3cccc(NS(=O)(=O)c4cccc(Cl)c4)c3)ccc12. The van der Waals surface area contributed by atoms with Crippen molar-refractivity contribution in [3.63, 3.8) is 0 Å². The van der Waals surface area contributed by atoms with Crippen molar-refractivity contribution in [2.75, 3.05) is 24.4 Å².